The van der Waals surface area contributed by atoms with E-state index in [4.69, 9.17) is 15.1 Å². The lowest BCUT2D eigenvalue weighted by molar-refractivity contribution is -0.139. The molecule has 0 aliphatic heterocycles. The zero-order valence-corrected chi connectivity index (χ0v) is 12.3. The smallest absolute Gasteiger partial charge is 0.317 e. The van der Waals surface area contributed by atoms with Crippen molar-refractivity contribution in [3.8, 4) is 11.8 Å². The third-order valence-electron chi connectivity index (χ3n) is 3.05. The fourth-order valence-corrected chi connectivity index (χ4v) is 1.87. The zero-order valence-electron chi connectivity index (χ0n) is 12.3. The number of carbonyl (C=O) groups is 1. The first-order chi connectivity index (χ1) is 9.27. The minimum Gasteiger partial charge on any atom is -0.496 e. The Balaban J connectivity index is 3.10. The molecule has 0 saturated carbocycles. The fourth-order valence-electron chi connectivity index (χ4n) is 1.87. The summed E-state index contributed by atoms with van der Waals surface area (Å²) in [6, 6.07) is 7.23. The molecule has 0 spiro atoms. The van der Waals surface area contributed by atoms with Crippen molar-refractivity contribution in [1.29, 1.82) is 5.26 Å². The molecule has 0 fully saturated rings. The largest absolute Gasteiger partial charge is 0.496 e. The highest BCUT2D eigenvalue weighted by atomic mass is 16.5. The van der Waals surface area contributed by atoms with Crippen molar-refractivity contribution >= 4 is 5.97 Å². The number of nitrogens with zero attached hydrogens (tertiary/aromatic N) is 2. The first-order valence-electron chi connectivity index (χ1n) is 6.31. The fraction of sp³-hybridized carbons (Fsp3) is 0.467. The summed E-state index contributed by atoms with van der Waals surface area (Å²) in [5.74, 6) is -0.223. The lowest BCUT2D eigenvalue weighted by Crippen LogP contribution is -2.43. The molecule has 0 amide bonds. The van der Waals surface area contributed by atoms with Gasteiger partial charge in [-0.2, -0.15) is 5.26 Å². The Kier molecular flexibility index (Phi) is 5.12. The van der Waals surface area contributed by atoms with Crippen molar-refractivity contribution in [3.05, 3.63) is 29.3 Å². The van der Waals surface area contributed by atoms with Gasteiger partial charge in [-0.05, 0) is 39.0 Å². The van der Waals surface area contributed by atoms with Crippen LogP contribution in [0.2, 0.25) is 0 Å². The van der Waals surface area contributed by atoms with Crippen LogP contribution in [0, 0.1) is 11.3 Å². The number of carboxylic acids is 1. The predicted molar refractivity (Wildman–Crippen MR) is 75.5 cm³/mol. The number of methoxy groups -OCH3 is 1. The van der Waals surface area contributed by atoms with Crippen LogP contribution in [0.15, 0.2) is 18.2 Å². The number of ether oxygens (including phenoxy) is 1. The molecule has 1 rings (SSSR count). The topological polar surface area (TPSA) is 73.6 Å². The van der Waals surface area contributed by atoms with Gasteiger partial charge < -0.3 is 9.84 Å². The lowest BCUT2D eigenvalue weighted by atomic mass is 10.0. The first-order valence-corrected chi connectivity index (χ1v) is 6.31. The number of rotatable bonds is 5. The number of hydrogen-bond donors (Lipinski definition) is 1. The molecule has 0 aliphatic rings. The maximum absolute atomic E-state index is 11.0. The van der Waals surface area contributed by atoms with Crippen LogP contribution in [0.1, 0.15) is 31.9 Å². The third kappa shape index (κ3) is 4.25. The van der Waals surface area contributed by atoms with E-state index < -0.39 is 5.97 Å². The lowest BCUT2D eigenvalue weighted by Gasteiger charge is -2.34. The normalized spacial score (nSPS) is 11.2. The minimum atomic E-state index is -0.879. The van der Waals surface area contributed by atoms with Gasteiger partial charge in [0.05, 0.1) is 25.3 Å². The highest BCUT2D eigenvalue weighted by Gasteiger charge is 2.24. The minimum absolute atomic E-state index is 0.0660. The van der Waals surface area contributed by atoms with Crippen LogP contribution in [-0.2, 0) is 11.3 Å². The summed E-state index contributed by atoms with van der Waals surface area (Å²) in [6.45, 7) is 6.21. The van der Waals surface area contributed by atoms with Gasteiger partial charge in [0.2, 0.25) is 0 Å². The van der Waals surface area contributed by atoms with Crippen molar-refractivity contribution in [2.75, 3.05) is 13.7 Å². The second-order valence-electron chi connectivity index (χ2n) is 5.56. The van der Waals surface area contributed by atoms with Crippen LogP contribution in [-0.4, -0.2) is 35.2 Å². The molecule has 1 aromatic carbocycles. The molecule has 0 atom stereocenters. The Bertz CT molecular complexity index is 527. The van der Waals surface area contributed by atoms with E-state index >= 15 is 0 Å². The van der Waals surface area contributed by atoms with Crippen LogP contribution >= 0.6 is 0 Å². The summed E-state index contributed by atoms with van der Waals surface area (Å²) < 4.78 is 5.28. The number of carboxylic acid groups (broad SMARTS) is 1. The van der Waals surface area contributed by atoms with Crippen LogP contribution in [0.3, 0.4) is 0 Å². The maximum Gasteiger partial charge on any atom is 0.317 e. The molecule has 0 aliphatic carbocycles. The Morgan fingerprint density at radius 3 is 2.55 bits per heavy atom. The highest BCUT2D eigenvalue weighted by molar-refractivity contribution is 5.69. The maximum atomic E-state index is 11.0. The van der Waals surface area contributed by atoms with Gasteiger partial charge in [-0.15, -0.1) is 0 Å². The van der Waals surface area contributed by atoms with E-state index in [1.165, 1.54) is 0 Å². The Morgan fingerprint density at radius 1 is 1.45 bits per heavy atom. The summed E-state index contributed by atoms with van der Waals surface area (Å²) in [5, 5.41) is 18.0. The van der Waals surface area contributed by atoms with Crippen molar-refractivity contribution < 1.29 is 14.6 Å². The molecule has 0 saturated heterocycles. The average molecular weight is 276 g/mol. The second kappa shape index (κ2) is 6.40. The van der Waals surface area contributed by atoms with Crippen molar-refractivity contribution in [3.63, 3.8) is 0 Å². The van der Waals surface area contributed by atoms with Crippen molar-refractivity contribution in [2.45, 2.75) is 32.9 Å². The molecule has 20 heavy (non-hydrogen) atoms. The third-order valence-corrected chi connectivity index (χ3v) is 3.05. The van der Waals surface area contributed by atoms with E-state index in [9.17, 15) is 4.79 Å². The summed E-state index contributed by atoms with van der Waals surface area (Å²) in [6.07, 6.45) is 0. The highest BCUT2D eigenvalue weighted by Crippen LogP contribution is 2.24. The number of nitriles is 1. The van der Waals surface area contributed by atoms with E-state index in [1.54, 1.807) is 25.3 Å². The second-order valence-corrected chi connectivity index (χ2v) is 5.56. The molecular formula is C15H20N2O3. The van der Waals surface area contributed by atoms with Gasteiger partial charge in [0, 0.05) is 17.6 Å². The van der Waals surface area contributed by atoms with Crippen LogP contribution in [0.25, 0.3) is 0 Å². The molecule has 5 nitrogen and oxygen atoms in total. The van der Waals surface area contributed by atoms with Gasteiger partial charge in [0.1, 0.15) is 5.75 Å². The molecule has 0 aromatic heterocycles. The molecular weight excluding hydrogens is 256 g/mol. The number of aliphatic carboxylic acids is 1. The first kappa shape index (κ1) is 16.0. The summed E-state index contributed by atoms with van der Waals surface area (Å²) in [5.41, 5.74) is 1.04. The van der Waals surface area contributed by atoms with Gasteiger partial charge in [-0.1, -0.05) is 0 Å². The Labute approximate surface area is 119 Å². The van der Waals surface area contributed by atoms with Gasteiger partial charge in [-0.25, -0.2) is 0 Å². The SMILES string of the molecule is COc1ccc(C#N)cc1CN(CC(=O)O)C(C)(C)C. The Hall–Kier alpha value is -2.06. The van der Waals surface area contributed by atoms with Crippen LogP contribution in [0.4, 0.5) is 0 Å². The van der Waals surface area contributed by atoms with E-state index in [0.717, 1.165) is 5.56 Å². The molecule has 5 heteroatoms. The quantitative estimate of drug-likeness (QED) is 0.893. The summed E-state index contributed by atoms with van der Waals surface area (Å²) in [4.78, 5) is 12.8. The molecule has 0 radical (unpaired) electrons. The molecule has 108 valence electrons. The van der Waals surface area contributed by atoms with Crippen molar-refractivity contribution in [1.82, 2.24) is 4.90 Å². The molecule has 0 bridgehead atoms. The zero-order chi connectivity index (χ0) is 15.3. The average Bonchev–Trinajstić information content (AvgIpc) is 2.36. The molecule has 1 N–H and O–H groups in total. The van der Waals surface area contributed by atoms with E-state index in [1.807, 2.05) is 25.7 Å². The standard InChI is InChI=1S/C15H20N2O3/c1-15(2,3)17(10-14(18)19)9-12-7-11(8-16)5-6-13(12)20-4/h5-7H,9-10H2,1-4H3,(H,18,19). The number of hydrogen-bond acceptors (Lipinski definition) is 4. The van der Waals surface area contributed by atoms with Crippen molar-refractivity contribution in [2.24, 2.45) is 0 Å². The van der Waals surface area contributed by atoms with E-state index in [0.29, 0.717) is 17.9 Å². The monoisotopic (exact) mass is 276 g/mol. The summed E-state index contributed by atoms with van der Waals surface area (Å²) in [7, 11) is 1.56. The van der Waals surface area contributed by atoms with Crippen LogP contribution < -0.4 is 4.74 Å². The molecule has 0 unspecified atom stereocenters. The van der Waals surface area contributed by atoms with E-state index in [-0.39, 0.29) is 12.1 Å². The van der Waals surface area contributed by atoms with Gasteiger partial charge in [0.15, 0.2) is 0 Å². The predicted octanol–water partition coefficient (Wildman–Crippen LogP) is 2.25. The van der Waals surface area contributed by atoms with Gasteiger partial charge in [0.25, 0.3) is 0 Å². The van der Waals surface area contributed by atoms with Gasteiger partial charge in [-0.3, -0.25) is 9.69 Å². The number of benzene rings is 1. The van der Waals surface area contributed by atoms with E-state index in [2.05, 4.69) is 6.07 Å². The summed E-state index contributed by atoms with van der Waals surface area (Å²) >= 11 is 0. The van der Waals surface area contributed by atoms with Crippen LogP contribution in [0.5, 0.6) is 5.75 Å². The van der Waals surface area contributed by atoms with Gasteiger partial charge >= 0.3 is 5.97 Å². The Morgan fingerprint density at radius 2 is 2.10 bits per heavy atom. The molecule has 0 heterocycles. The molecule has 1 aromatic rings.